The van der Waals surface area contributed by atoms with Crippen LogP contribution in [0.5, 0.6) is 0 Å². The summed E-state index contributed by atoms with van der Waals surface area (Å²) in [5.41, 5.74) is 2.34. The maximum atomic E-state index is 12.6. The lowest BCUT2D eigenvalue weighted by Gasteiger charge is -2.21. The summed E-state index contributed by atoms with van der Waals surface area (Å²) < 4.78 is 11.2. The number of guanidine groups is 1. The van der Waals surface area contributed by atoms with Gasteiger partial charge in [-0.05, 0) is 56.6 Å². The highest BCUT2D eigenvalue weighted by Crippen LogP contribution is 2.28. The Kier molecular flexibility index (Phi) is 13.0. The molecule has 1 fully saturated rings. The van der Waals surface area contributed by atoms with E-state index in [9.17, 15) is 4.79 Å². The predicted molar refractivity (Wildman–Crippen MR) is 140 cm³/mol. The van der Waals surface area contributed by atoms with E-state index >= 15 is 0 Å². The molecule has 0 bridgehead atoms. The largest absolute Gasteiger partial charge is 0.381 e. The average Bonchev–Trinajstić information content (AvgIpc) is 3.23. The zero-order valence-corrected chi connectivity index (χ0v) is 21.6. The summed E-state index contributed by atoms with van der Waals surface area (Å²) in [7, 11) is 0. The zero-order valence-electron chi connectivity index (χ0n) is 19.3. The molecule has 2 N–H and O–H groups in total. The van der Waals surface area contributed by atoms with Gasteiger partial charge in [0, 0.05) is 64.7 Å². The van der Waals surface area contributed by atoms with E-state index in [2.05, 4.69) is 28.6 Å². The van der Waals surface area contributed by atoms with Gasteiger partial charge in [-0.15, -0.1) is 24.0 Å². The number of carbonyl (C=O) groups is 1. The summed E-state index contributed by atoms with van der Waals surface area (Å²) in [6, 6.07) is 8.18. The molecule has 0 radical (unpaired) electrons. The molecule has 1 aromatic carbocycles. The maximum Gasteiger partial charge on any atom is 0.227 e. The average molecular weight is 559 g/mol. The van der Waals surface area contributed by atoms with Gasteiger partial charge in [0.05, 0.1) is 0 Å². The first-order chi connectivity index (χ1) is 15.3. The number of anilines is 1. The van der Waals surface area contributed by atoms with E-state index in [0.717, 1.165) is 89.8 Å². The molecule has 0 aromatic heterocycles. The van der Waals surface area contributed by atoms with Crippen molar-refractivity contribution in [3.8, 4) is 0 Å². The molecule has 2 aliphatic heterocycles. The number of nitrogens with one attached hydrogen (secondary N) is 2. The van der Waals surface area contributed by atoms with Gasteiger partial charge in [0.1, 0.15) is 0 Å². The molecule has 2 heterocycles. The molecule has 180 valence electrons. The van der Waals surface area contributed by atoms with Crippen molar-refractivity contribution in [2.45, 2.75) is 45.4 Å². The standard InChI is InChI=1S/C24H38N4O3.HI/c1-2-25-24(27-14-6-16-31-19-20-11-17-30-18-12-20)26-13-5-9-23(29)28-15-10-21-7-3-4-8-22(21)28;/h3-4,7-8,20H,2,5-6,9-19H2,1H3,(H2,25,26,27);1H. The van der Waals surface area contributed by atoms with Crippen molar-refractivity contribution < 1.29 is 14.3 Å². The molecule has 7 nitrogen and oxygen atoms in total. The van der Waals surface area contributed by atoms with Crippen LogP contribution in [0, 0.1) is 5.92 Å². The van der Waals surface area contributed by atoms with Crippen LogP contribution in [0.1, 0.15) is 44.6 Å². The molecule has 32 heavy (non-hydrogen) atoms. The number of para-hydroxylation sites is 1. The van der Waals surface area contributed by atoms with Crippen LogP contribution in [0.3, 0.4) is 0 Å². The molecule has 1 saturated heterocycles. The predicted octanol–water partition coefficient (Wildman–Crippen LogP) is 3.36. The van der Waals surface area contributed by atoms with Gasteiger partial charge in [0.15, 0.2) is 5.96 Å². The minimum absolute atomic E-state index is 0. The summed E-state index contributed by atoms with van der Waals surface area (Å²) >= 11 is 0. The highest BCUT2D eigenvalue weighted by Gasteiger charge is 2.23. The van der Waals surface area contributed by atoms with E-state index in [0.29, 0.717) is 18.9 Å². The van der Waals surface area contributed by atoms with Crippen molar-refractivity contribution in [1.29, 1.82) is 0 Å². The number of carbonyl (C=O) groups excluding carboxylic acids is 1. The fraction of sp³-hybridized carbons (Fsp3) is 0.667. The highest BCUT2D eigenvalue weighted by molar-refractivity contribution is 14.0. The SMILES string of the molecule is CCNC(=NCCCC(=O)N1CCc2ccccc21)NCCCOCC1CCOCC1.I. The Bertz CT molecular complexity index is 710. The van der Waals surface area contributed by atoms with Gasteiger partial charge in [0.25, 0.3) is 0 Å². The van der Waals surface area contributed by atoms with E-state index in [1.54, 1.807) is 0 Å². The third-order valence-electron chi connectivity index (χ3n) is 5.80. The van der Waals surface area contributed by atoms with Gasteiger partial charge in [-0.3, -0.25) is 9.79 Å². The van der Waals surface area contributed by atoms with Crippen molar-refractivity contribution in [1.82, 2.24) is 10.6 Å². The number of benzene rings is 1. The number of nitrogens with zero attached hydrogens (tertiary/aromatic N) is 2. The molecule has 1 aromatic rings. The molecule has 0 aliphatic carbocycles. The number of hydrogen-bond donors (Lipinski definition) is 2. The molecule has 0 unspecified atom stereocenters. The molecule has 2 aliphatic rings. The van der Waals surface area contributed by atoms with Gasteiger partial charge in [0.2, 0.25) is 5.91 Å². The van der Waals surface area contributed by atoms with Crippen LogP contribution in [0.15, 0.2) is 29.3 Å². The van der Waals surface area contributed by atoms with Crippen molar-refractivity contribution >= 4 is 41.5 Å². The Labute approximate surface area is 209 Å². The van der Waals surface area contributed by atoms with E-state index in [4.69, 9.17) is 9.47 Å². The molecular formula is C24H39IN4O3. The zero-order chi connectivity index (χ0) is 21.7. The van der Waals surface area contributed by atoms with Crippen LogP contribution in [0.25, 0.3) is 0 Å². The van der Waals surface area contributed by atoms with Crippen molar-refractivity contribution in [3.05, 3.63) is 29.8 Å². The quantitative estimate of drug-likeness (QED) is 0.189. The first kappa shape index (κ1) is 26.9. The minimum atomic E-state index is 0. The number of hydrogen-bond acceptors (Lipinski definition) is 4. The highest BCUT2D eigenvalue weighted by atomic mass is 127. The van der Waals surface area contributed by atoms with Crippen molar-refractivity contribution in [2.24, 2.45) is 10.9 Å². The molecule has 3 rings (SSSR count). The fourth-order valence-corrected chi connectivity index (χ4v) is 4.04. The lowest BCUT2D eigenvalue weighted by molar-refractivity contribution is -0.118. The normalized spacial score (nSPS) is 16.4. The topological polar surface area (TPSA) is 75.2 Å². The Morgan fingerprint density at radius 3 is 2.84 bits per heavy atom. The summed E-state index contributed by atoms with van der Waals surface area (Å²) in [5, 5.41) is 6.63. The second-order valence-corrected chi connectivity index (χ2v) is 8.20. The second kappa shape index (κ2) is 15.4. The summed E-state index contributed by atoms with van der Waals surface area (Å²) in [6.45, 7) is 8.47. The second-order valence-electron chi connectivity index (χ2n) is 8.20. The van der Waals surface area contributed by atoms with E-state index in [1.807, 2.05) is 23.1 Å². The maximum absolute atomic E-state index is 12.6. The van der Waals surface area contributed by atoms with Crippen molar-refractivity contribution in [3.63, 3.8) is 0 Å². The van der Waals surface area contributed by atoms with Crippen LogP contribution in [-0.4, -0.2) is 64.5 Å². The molecule has 0 saturated carbocycles. The van der Waals surface area contributed by atoms with Gasteiger partial charge in [-0.2, -0.15) is 0 Å². The number of rotatable bonds is 11. The van der Waals surface area contributed by atoms with E-state index in [1.165, 1.54) is 5.56 Å². The lowest BCUT2D eigenvalue weighted by atomic mass is 10.0. The number of ether oxygens (including phenoxy) is 2. The first-order valence-corrected chi connectivity index (χ1v) is 11.8. The van der Waals surface area contributed by atoms with Gasteiger partial charge in [-0.1, -0.05) is 18.2 Å². The summed E-state index contributed by atoms with van der Waals surface area (Å²) in [5.74, 6) is 1.66. The lowest BCUT2D eigenvalue weighted by Crippen LogP contribution is -2.38. The Hall–Kier alpha value is -1.39. The molecule has 8 heteroatoms. The van der Waals surface area contributed by atoms with E-state index in [-0.39, 0.29) is 29.9 Å². The summed E-state index contributed by atoms with van der Waals surface area (Å²) in [4.78, 5) is 19.1. The van der Waals surface area contributed by atoms with Crippen LogP contribution >= 0.6 is 24.0 Å². The number of amides is 1. The van der Waals surface area contributed by atoms with Gasteiger partial charge in [-0.25, -0.2) is 0 Å². The number of aliphatic imine (C=N–C) groups is 1. The van der Waals surface area contributed by atoms with Crippen LogP contribution < -0.4 is 15.5 Å². The van der Waals surface area contributed by atoms with Crippen LogP contribution in [-0.2, 0) is 20.7 Å². The summed E-state index contributed by atoms with van der Waals surface area (Å²) in [6.07, 6.45) is 5.40. The third-order valence-corrected chi connectivity index (χ3v) is 5.80. The fourth-order valence-electron chi connectivity index (χ4n) is 4.04. The van der Waals surface area contributed by atoms with Gasteiger partial charge < -0.3 is 25.0 Å². The van der Waals surface area contributed by atoms with Crippen molar-refractivity contribution in [2.75, 3.05) is 57.5 Å². The van der Waals surface area contributed by atoms with Crippen LogP contribution in [0.4, 0.5) is 5.69 Å². The Balaban J connectivity index is 0.00000363. The molecular weight excluding hydrogens is 519 g/mol. The first-order valence-electron chi connectivity index (χ1n) is 11.8. The number of fused-ring (bicyclic) bond motifs is 1. The molecule has 0 spiro atoms. The molecule has 0 atom stereocenters. The smallest absolute Gasteiger partial charge is 0.227 e. The van der Waals surface area contributed by atoms with E-state index < -0.39 is 0 Å². The third kappa shape index (κ3) is 8.86. The Morgan fingerprint density at radius 1 is 1.22 bits per heavy atom. The number of halogens is 1. The molecule has 1 amide bonds. The van der Waals surface area contributed by atoms with Gasteiger partial charge >= 0.3 is 0 Å². The minimum Gasteiger partial charge on any atom is -0.381 e. The Morgan fingerprint density at radius 2 is 2.03 bits per heavy atom. The monoisotopic (exact) mass is 558 g/mol. The van der Waals surface area contributed by atoms with Crippen LogP contribution in [0.2, 0.25) is 0 Å².